The van der Waals surface area contributed by atoms with Gasteiger partial charge in [-0.1, -0.05) is 6.92 Å². The molecule has 4 rings (SSSR count). The van der Waals surface area contributed by atoms with Crippen LogP contribution < -0.4 is 9.64 Å². The summed E-state index contributed by atoms with van der Waals surface area (Å²) in [7, 11) is 0. The topological polar surface area (TPSA) is 59.8 Å². The lowest BCUT2D eigenvalue weighted by molar-refractivity contribution is 0.244. The number of hydrogen-bond acceptors (Lipinski definition) is 6. The van der Waals surface area contributed by atoms with Gasteiger partial charge in [-0.3, -0.25) is 0 Å². The summed E-state index contributed by atoms with van der Waals surface area (Å²) < 4.78 is 39.8. The SMILES string of the molecule is CCc1cnc(N2CCC(CCCOc3cc(F)c(C4=NC[C@@H](C)O4)c(F)c3)CC2)nc1. The Morgan fingerprint density at radius 2 is 1.81 bits per heavy atom. The predicted molar refractivity (Wildman–Crippen MR) is 119 cm³/mol. The van der Waals surface area contributed by atoms with Gasteiger partial charge in [0.15, 0.2) is 0 Å². The lowest BCUT2D eigenvalue weighted by atomic mass is 9.92. The number of aryl methyl sites for hydroxylation is 1. The fourth-order valence-electron chi connectivity index (χ4n) is 4.13. The lowest BCUT2D eigenvalue weighted by Crippen LogP contribution is -2.35. The molecule has 0 amide bonds. The van der Waals surface area contributed by atoms with Crippen molar-refractivity contribution in [1.82, 2.24) is 9.97 Å². The van der Waals surface area contributed by atoms with Crippen molar-refractivity contribution >= 4 is 11.8 Å². The first kappa shape index (κ1) is 22.4. The summed E-state index contributed by atoms with van der Waals surface area (Å²) in [6.45, 7) is 6.62. The minimum atomic E-state index is -0.714. The number of benzene rings is 1. The lowest BCUT2D eigenvalue weighted by Gasteiger charge is -2.32. The second-order valence-corrected chi connectivity index (χ2v) is 8.50. The number of aromatic nitrogens is 2. The normalized spacial score (nSPS) is 19.1. The number of ether oxygens (including phenoxy) is 2. The standard InChI is InChI=1S/C24H30F2N4O2/c1-3-17-14-28-24(29-15-17)30-8-6-18(7-9-30)5-4-10-31-19-11-20(25)22(21(26)12-19)23-27-13-16(2)32-23/h11-12,14-16,18H,3-10,13H2,1-2H3/t16-/m1/s1. The molecule has 0 radical (unpaired) electrons. The molecule has 0 saturated carbocycles. The molecule has 3 heterocycles. The van der Waals surface area contributed by atoms with Gasteiger partial charge in [-0.15, -0.1) is 0 Å². The van der Waals surface area contributed by atoms with Crippen molar-refractivity contribution in [2.24, 2.45) is 10.9 Å². The summed E-state index contributed by atoms with van der Waals surface area (Å²) in [6, 6.07) is 2.41. The number of halogens is 2. The number of hydrogen-bond donors (Lipinski definition) is 0. The molecule has 2 aliphatic heterocycles. The highest BCUT2D eigenvalue weighted by molar-refractivity contribution is 5.95. The Labute approximate surface area is 187 Å². The molecule has 1 fully saturated rings. The Bertz CT molecular complexity index is 921. The van der Waals surface area contributed by atoms with Crippen molar-refractivity contribution in [2.45, 2.75) is 52.1 Å². The molecular formula is C24H30F2N4O2. The minimum Gasteiger partial charge on any atom is -0.493 e. The van der Waals surface area contributed by atoms with E-state index in [1.807, 2.05) is 19.3 Å². The molecule has 2 aromatic rings. The van der Waals surface area contributed by atoms with E-state index < -0.39 is 11.6 Å². The van der Waals surface area contributed by atoms with Crippen LogP contribution in [0.1, 0.15) is 50.7 Å². The highest BCUT2D eigenvalue weighted by Crippen LogP contribution is 2.26. The molecule has 0 spiro atoms. The van der Waals surface area contributed by atoms with E-state index in [0.29, 0.717) is 19.1 Å². The Kier molecular flexibility index (Phi) is 7.17. The van der Waals surface area contributed by atoms with Gasteiger partial charge in [-0.05, 0) is 50.5 Å². The van der Waals surface area contributed by atoms with Crippen LogP contribution in [-0.2, 0) is 11.2 Å². The third-order valence-electron chi connectivity index (χ3n) is 6.06. The average Bonchev–Trinajstić information content (AvgIpc) is 3.22. The van der Waals surface area contributed by atoms with Gasteiger partial charge in [0.2, 0.25) is 11.8 Å². The molecule has 1 atom stereocenters. The third-order valence-corrected chi connectivity index (χ3v) is 6.06. The van der Waals surface area contributed by atoms with Crippen LogP contribution in [0.3, 0.4) is 0 Å². The van der Waals surface area contributed by atoms with Crippen molar-refractivity contribution in [3.05, 3.63) is 47.3 Å². The first-order valence-corrected chi connectivity index (χ1v) is 11.4. The van der Waals surface area contributed by atoms with E-state index in [1.165, 1.54) is 12.1 Å². The van der Waals surface area contributed by atoms with E-state index >= 15 is 0 Å². The molecule has 0 bridgehead atoms. The number of piperidine rings is 1. The van der Waals surface area contributed by atoms with Crippen LogP contribution in [0.5, 0.6) is 5.75 Å². The average molecular weight is 445 g/mol. The Morgan fingerprint density at radius 1 is 1.12 bits per heavy atom. The summed E-state index contributed by atoms with van der Waals surface area (Å²) in [5.74, 6) is 0.207. The van der Waals surface area contributed by atoms with Crippen LogP contribution in [0.2, 0.25) is 0 Å². The second-order valence-electron chi connectivity index (χ2n) is 8.50. The summed E-state index contributed by atoms with van der Waals surface area (Å²) in [6.07, 6.45) is 8.60. The van der Waals surface area contributed by atoms with Crippen molar-refractivity contribution in [1.29, 1.82) is 0 Å². The largest absolute Gasteiger partial charge is 0.493 e. The maximum absolute atomic E-state index is 14.4. The van der Waals surface area contributed by atoms with Crippen molar-refractivity contribution < 1.29 is 18.3 Å². The first-order chi connectivity index (χ1) is 15.5. The Balaban J connectivity index is 1.20. The fraction of sp³-hybridized carbons (Fsp3) is 0.542. The van der Waals surface area contributed by atoms with Gasteiger partial charge in [-0.25, -0.2) is 23.7 Å². The van der Waals surface area contributed by atoms with Gasteiger partial charge >= 0.3 is 0 Å². The summed E-state index contributed by atoms with van der Waals surface area (Å²) >= 11 is 0. The molecule has 1 saturated heterocycles. The van der Waals surface area contributed by atoms with Gasteiger partial charge in [0.05, 0.1) is 13.2 Å². The van der Waals surface area contributed by atoms with Crippen molar-refractivity contribution in [2.75, 3.05) is 31.1 Å². The van der Waals surface area contributed by atoms with Crippen molar-refractivity contribution in [3.63, 3.8) is 0 Å². The zero-order chi connectivity index (χ0) is 22.5. The van der Waals surface area contributed by atoms with Crippen LogP contribution in [0.15, 0.2) is 29.5 Å². The molecule has 0 N–H and O–H groups in total. The number of aliphatic imine (C=N–C) groups is 1. The van der Waals surface area contributed by atoms with Gasteiger partial charge in [0.1, 0.15) is 29.1 Å². The van der Waals surface area contributed by atoms with E-state index in [9.17, 15) is 8.78 Å². The van der Waals surface area contributed by atoms with Gasteiger partial charge in [0.25, 0.3) is 0 Å². The Hall–Kier alpha value is -2.77. The molecule has 1 aromatic heterocycles. The third kappa shape index (κ3) is 5.34. The second kappa shape index (κ2) is 10.2. The Morgan fingerprint density at radius 3 is 2.41 bits per heavy atom. The van der Waals surface area contributed by atoms with E-state index in [4.69, 9.17) is 9.47 Å². The highest BCUT2D eigenvalue weighted by Gasteiger charge is 2.25. The zero-order valence-electron chi connectivity index (χ0n) is 18.7. The van der Waals surface area contributed by atoms with Crippen LogP contribution in [0.4, 0.5) is 14.7 Å². The molecule has 172 valence electrons. The van der Waals surface area contributed by atoms with Crippen LogP contribution in [-0.4, -0.2) is 48.2 Å². The van der Waals surface area contributed by atoms with E-state index in [1.54, 1.807) is 0 Å². The van der Waals surface area contributed by atoms with E-state index in [2.05, 4.69) is 26.8 Å². The first-order valence-electron chi connectivity index (χ1n) is 11.4. The maximum atomic E-state index is 14.4. The molecule has 8 heteroatoms. The van der Waals surface area contributed by atoms with Crippen molar-refractivity contribution in [3.8, 4) is 5.75 Å². The van der Waals surface area contributed by atoms with Gasteiger partial charge in [-0.2, -0.15) is 0 Å². The smallest absolute Gasteiger partial charge is 0.225 e. The summed E-state index contributed by atoms with van der Waals surface area (Å²) in [5.41, 5.74) is 0.926. The molecule has 2 aliphatic rings. The highest BCUT2D eigenvalue weighted by atomic mass is 19.1. The monoisotopic (exact) mass is 444 g/mol. The van der Waals surface area contributed by atoms with E-state index in [-0.39, 0.29) is 23.3 Å². The molecule has 0 unspecified atom stereocenters. The molecule has 0 aliphatic carbocycles. The van der Waals surface area contributed by atoms with Gasteiger partial charge < -0.3 is 14.4 Å². The fourth-order valence-corrected chi connectivity index (χ4v) is 4.13. The van der Waals surface area contributed by atoms with Gasteiger partial charge in [0, 0.05) is 37.6 Å². The van der Waals surface area contributed by atoms with Crippen LogP contribution >= 0.6 is 0 Å². The molecule has 1 aromatic carbocycles. The minimum absolute atomic E-state index is 0.0251. The van der Waals surface area contributed by atoms with Crippen LogP contribution in [0, 0.1) is 17.6 Å². The summed E-state index contributed by atoms with van der Waals surface area (Å²) in [5, 5.41) is 0. The predicted octanol–water partition coefficient (Wildman–Crippen LogP) is 4.56. The van der Waals surface area contributed by atoms with E-state index in [0.717, 1.165) is 56.7 Å². The van der Waals surface area contributed by atoms with Crippen LogP contribution in [0.25, 0.3) is 0 Å². The number of nitrogens with zero attached hydrogens (tertiary/aromatic N) is 4. The number of anilines is 1. The molecule has 6 nitrogen and oxygen atoms in total. The quantitative estimate of drug-likeness (QED) is 0.559. The number of rotatable bonds is 8. The summed E-state index contributed by atoms with van der Waals surface area (Å²) in [4.78, 5) is 15.2. The molecule has 32 heavy (non-hydrogen) atoms. The molecular weight excluding hydrogens is 414 g/mol. The maximum Gasteiger partial charge on any atom is 0.225 e. The zero-order valence-corrected chi connectivity index (χ0v) is 18.7.